The molecule has 0 amide bonds. The van der Waals surface area contributed by atoms with Crippen LogP contribution in [-0.2, 0) is 0 Å². The Hall–Kier alpha value is -2.39. The third kappa shape index (κ3) is 6.55. The Morgan fingerprint density at radius 1 is 1.32 bits per heavy atom. The molecule has 0 fully saturated rings. The molecule has 0 aromatic heterocycles. The minimum absolute atomic E-state index is 0.708. The maximum atomic E-state index is 6.27. The van der Waals surface area contributed by atoms with Gasteiger partial charge in [0, 0.05) is 29.0 Å². The van der Waals surface area contributed by atoms with E-state index in [2.05, 4.69) is 54.0 Å². The smallest absolute Gasteiger partial charge is 0.0613 e. The van der Waals surface area contributed by atoms with Gasteiger partial charge in [0.25, 0.3) is 0 Å². The van der Waals surface area contributed by atoms with Crippen molar-refractivity contribution in [2.45, 2.75) is 26.2 Å². The van der Waals surface area contributed by atoms with Crippen LogP contribution in [-0.4, -0.2) is 6.54 Å². The molecule has 0 bridgehead atoms. The van der Waals surface area contributed by atoms with E-state index in [0.717, 1.165) is 36.3 Å². The van der Waals surface area contributed by atoms with E-state index >= 15 is 0 Å². The average molecular weight is 356 g/mol. The number of hydrogen-bond acceptors (Lipinski definition) is 3. The van der Waals surface area contributed by atoms with Crippen LogP contribution in [0, 0.1) is 0 Å². The fourth-order valence-corrected chi connectivity index (χ4v) is 2.66. The number of rotatable bonds is 9. The highest BCUT2D eigenvalue weighted by Crippen LogP contribution is 2.24. The van der Waals surface area contributed by atoms with Crippen molar-refractivity contribution in [1.82, 2.24) is 10.9 Å². The Morgan fingerprint density at radius 2 is 2.20 bits per heavy atom. The van der Waals surface area contributed by atoms with Crippen molar-refractivity contribution in [1.29, 1.82) is 0 Å². The zero-order valence-electron chi connectivity index (χ0n) is 14.7. The predicted molar refractivity (Wildman–Crippen MR) is 110 cm³/mol. The van der Waals surface area contributed by atoms with E-state index in [9.17, 15) is 0 Å². The highest BCUT2D eigenvalue weighted by atomic mass is 35.5. The predicted octanol–water partition coefficient (Wildman–Crippen LogP) is 5.57. The van der Waals surface area contributed by atoms with Crippen LogP contribution in [0.5, 0.6) is 0 Å². The van der Waals surface area contributed by atoms with E-state index in [0.29, 0.717) is 5.02 Å². The normalized spacial score (nSPS) is 14.0. The molecule has 3 nitrogen and oxygen atoms in total. The lowest BCUT2D eigenvalue weighted by molar-refractivity contribution is 0.787. The zero-order valence-corrected chi connectivity index (χ0v) is 15.4. The number of anilines is 1. The standard InChI is InChI=1S/C21H26ClN3/c1-3-5-6-7-9-17(4-2)11-13-23-20-15-18(14-19(22)16-20)21-10-8-12-24-25-21/h4,6-10,12,14-16,23-25H,2-3,5,11,13H2,1H3/b7-6+,17-9+. The van der Waals surface area contributed by atoms with E-state index in [1.54, 1.807) is 0 Å². The largest absolute Gasteiger partial charge is 0.385 e. The van der Waals surface area contributed by atoms with Crippen molar-refractivity contribution in [3.05, 3.63) is 83.6 Å². The molecule has 0 saturated heterocycles. The number of nitrogens with one attached hydrogen (secondary N) is 3. The Labute approximate surface area is 155 Å². The first-order valence-corrected chi connectivity index (χ1v) is 9.02. The van der Waals surface area contributed by atoms with Gasteiger partial charge in [-0.05, 0) is 48.8 Å². The molecule has 0 aliphatic carbocycles. The van der Waals surface area contributed by atoms with Crippen molar-refractivity contribution >= 4 is 23.0 Å². The van der Waals surface area contributed by atoms with Gasteiger partial charge in [0.1, 0.15) is 0 Å². The molecule has 4 heteroatoms. The van der Waals surface area contributed by atoms with Crippen molar-refractivity contribution < 1.29 is 0 Å². The van der Waals surface area contributed by atoms with E-state index in [1.807, 2.05) is 36.6 Å². The first kappa shape index (κ1) is 18.9. The van der Waals surface area contributed by atoms with Crippen LogP contribution in [0.3, 0.4) is 0 Å². The second kappa shape index (κ2) is 10.5. The van der Waals surface area contributed by atoms with E-state index in [4.69, 9.17) is 11.6 Å². The summed E-state index contributed by atoms with van der Waals surface area (Å²) in [6.07, 6.45) is 17.3. The Kier molecular flexibility index (Phi) is 7.93. The summed E-state index contributed by atoms with van der Waals surface area (Å²) in [5, 5.41) is 4.15. The fourth-order valence-electron chi connectivity index (χ4n) is 2.43. The minimum atomic E-state index is 0.708. The number of allylic oxidation sites excluding steroid dienone is 6. The SMILES string of the molecule is C=C/C(=C\C=C\CCC)CCNc1cc(Cl)cc(C2=CC=CNN2)c1. The van der Waals surface area contributed by atoms with Crippen LogP contribution in [0.2, 0.25) is 5.02 Å². The first-order valence-electron chi connectivity index (χ1n) is 8.64. The van der Waals surface area contributed by atoms with Crippen LogP contribution >= 0.6 is 11.6 Å². The Balaban J connectivity index is 1.96. The monoisotopic (exact) mass is 355 g/mol. The van der Waals surface area contributed by atoms with Gasteiger partial charge in [-0.3, -0.25) is 0 Å². The van der Waals surface area contributed by atoms with Gasteiger partial charge in [-0.1, -0.05) is 55.8 Å². The van der Waals surface area contributed by atoms with E-state index in [1.165, 1.54) is 12.0 Å². The van der Waals surface area contributed by atoms with E-state index < -0.39 is 0 Å². The molecular weight excluding hydrogens is 330 g/mol. The Bertz CT molecular complexity index is 699. The molecule has 1 aromatic rings. The molecule has 0 spiro atoms. The molecule has 0 atom stereocenters. The molecule has 132 valence electrons. The van der Waals surface area contributed by atoms with Crippen LogP contribution in [0.25, 0.3) is 5.70 Å². The number of hydrogen-bond donors (Lipinski definition) is 3. The minimum Gasteiger partial charge on any atom is -0.385 e. The average Bonchev–Trinajstić information content (AvgIpc) is 2.64. The second-order valence-electron chi connectivity index (χ2n) is 5.78. The first-order chi connectivity index (χ1) is 12.2. The number of hydrazine groups is 1. The lowest BCUT2D eigenvalue weighted by Gasteiger charge is -2.16. The van der Waals surface area contributed by atoms with Crippen LogP contribution < -0.4 is 16.2 Å². The summed E-state index contributed by atoms with van der Waals surface area (Å²) in [6, 6.07) is 5.97. The third-order valence-electron chi connectivity index (χ3n) is 3.76. The van der Waals surface area contributed by atoms with Gasteiger partial charge in [-0.2, -0.15) is 0 Å². The summed E-state index contributed by atoms with van der Waals surface area (Å²) in [5.74, 6) is 0. The Morgan fingerprint density at radius 3 is 2.92 bits per heavy atom. The molecule has 1 aliphatic heterocycles. The van der Waals surface area contributed by atoms with Gasteiger partial charge in [0.05, 0.1) is 5.70 Å². The lowest BCUT2D eigenvalue weighted by atomic mass is 10.1. The summed E-state index contributed by atoms with van der Waals surface area (Å²) < 4.78 is 0. The fraction of sp³-hybridized carbons (Fsp3) is 0.238. The van der Waals surface area contributed by atoms with Gasteiger partial charge in [-0.25, -0.2) is 0 Å². The van der Waals surface area contributed by atoms with Crippen molar-refractivity contribution in [2.75, 3.05) is 11.9 Å². The second-order valence-corrected chi connectivity index (χ2v) is 6.21. The highest BCUT2D eigenvalue weighted by molar-refractivity contribution is 6.31. The molecule has 0 radical (unpaired) electrons. The van der Waals surface area contributed by atoms with Crippen LogP contribution in [0.1, 0.15) is 31.7 Å². The lowest BCUT2D eigenvalue weighted by Crippen LogP contribution is -2.26. The summed E-state index contributed by atoms with van der Waals surface area (Å²) in [4.78, 5) is 0. The summed E-state index contributed by atoms with van der Waals surface area (Å²) in [6.45, 7) is 6.90. The van der Waals surface area contributed by atoms with Gasteiger partial charge in [0.2, 0.25) is 0 Å². The van der Waals surface area contributed by atoms with Crippen LogP contribution in [0.15, 0.2) is 73.0 Å². The molecule has 0 unspecified atom stereocenters. The maximum absolute atomic E-state index is 6.27. The molecule has 0 saturated carbocycles. The number of unbranched alkanes of at least 4 members (excludes halogenated alkanes) is 1. The quantitative estimate of drug-likeness (QED) is 0.506. The molecule has 2 rings (SSSR count). The van der Waals surface area contributed by atoms with Crippen molar-refractivity contribution in [3.63, 3.8) is 0 Å². The summed E-state index contributed by atoms with van der Waals surface area (Å²) in [7, 11) is 0. The molecule has 25 heavy (non-hydrogen) atoms. The highest BCUT2D eigenvalue weighted by Gasteiger charge is 2.06. The molecule has 1 aromatic carbocycles. The van der Waals surface area contributed by atoms with Gasteiger partial charge in [0.15, 0.2) is 0 Å². The van der Waals surface area contributed by atoms with Crippen molar-refractivity contribution in [2.24, 2.45) is 0 Å². The zero-order chi connectivity index (χ0) is 17.9. The topological polar surface area (TPSA) is 36.1 Å². The molecule has 3 N–H and O–H groups in total. The molecule has 1 aliphatic rings. The third-order valence-corrected chi connectivity index (χ3v) is 3.98. The number of benzene rings is 1. The van der Waals surface area contributed by atoms with E-state index in [-0.39, 0.29) is 0 Å². The molecule has 1 heterocycles. The van der Waals surface area contributed by atoms with Crippen LogP contribution in [0.4, 0.5) is 5.69 Å². The summed E-state index contributed by atoms with van der Waals surface area (Å²) >= 11 is 6.27. The number of halogens is 1. The van der Waals surface area contributed by atoms with Crippen molar-refractivity contribution in [3.8, 4) is 0 Å². The van der Waals surface area contributed by atoms with Gasteiger partial charge < -0.3 is 16.2 Å². The maximum Gasteiger partial charge on any atom is 0.0613 e. The molecular formula is C21H26ClN3. The van der Waals surface area contributed by atoms with Gasteiger partial charge >= 0.3 is 0 Å². The van der Waals surface area contributed by atoms with Gasteiger partial charge in [-0.15, -0.1) is 0 Å². The summed E-state index contributed by atoms with van der Waals surface area (Å²) in [5.41, 5.74) is 10.3.